The van der Waals surface area contributed by atoms with Gasteiger partial charge in [0.1, 0.15) is 5.82 Å². The number of benzene rings is 1. The van der Waals surface area contributed by atoms with Crippen LogP contribution >= 0.6 is 0 Å². The van der Waals surface area contributed by atoms with E-state index in [9.17, 15) is 8.60 Å². The second-order valence-corrected chi connectivity index (χ2v) is 5.61. The van der Waals surface area contributed by atoms with Crippen molar-refractivity contribution in [1.29, 1.82) is 0 Å². The molecule has 0 saturated heterocycles. The highest BCUT2D eigenvalue weighted by Gasteiger charge is 2.09. The van der Waals surface area contributed by atoms with Gasteiger partial charge >= 0.3 is 0 Å². The second-order valence-electron chi connectivity index (χ2n) is 4.11. The van der Waals surface area contributed by atoms with Gasteiger partial charge in [-0.25, -0.2) is 4.39 Å². The van der Waals surface area contributed by atoms with E-state index in [0.717, 1.165) is 12.0 Å². The molecule has 90 valence electrons. The van der Waals surface area contributed by atoms with Crippen molar-refractivity contribution in [2.24, 2.45) is 5.92 Å². The lowest BCUT2D eigenvalue weighted by Crippen LogP contribution is -2.09. The molecule has 0 spiro atoms. The normalized spacial score (nSPS) is 14.7. The molecule has 0 amide bonds. The topological polar surface area (TPSA) is 43.1 Å². The Morgan fingerprint density at radius 1 is 1.50 bits per heavy atom. The molecule has 4 heteroatoms. The van der Waals surface area contributed by atoms with E-state index in [0.29, 0.717) is 23.1 Å². The molecular formula is C12H18FNOS. The molecule has 16 heavy (non-hydrogen) atoms. The van der Waals surface area contributed by atoms with Gasteiger partial charge in [-0.05, 0) is 23.6 Å². The predicted octanol–water partition coefficient (Wildman–Crippen LogP) is 2.70. The van der Waals surface area contributed by atoms with Crippen LogP contribution in [0, 0.1) is 11.7 Å². The third-order valence-electron chi connectivity index (χ3n) is 2.59. The monoisotopic (exact) mass is 243 g/mol. The van der Waals surface area contributed by atoms with Crippen molar-refractivity contribution in [3.05, 3.63) is 29.6 Å². The number of hydrogen-bond donors (Lipinski definition) is 1. The summed E-state index contributed by atoms with van der Waals surface area (Å²) in [6, 6.07) is 4.24. The summed E-state index contributed by atoms with van der Waals surface area (Å²) in [4.78, 5) is 0. The fourth-order valence-corrected chi connectivity index (χ4v) is 2.96. The molecule has 1 aromatic rings. The largest absolute Gasteiger partial charge is 0.398 e. The van der Waals surface area contributed by atoms with Gasteiger partial charge in [-0.1, -0.05) is 26.3 Å². The van der Waals surface area contributed by atoms with Crippen molar-refractivity contribution in [2.45, 2.75) is 26.0 Å². The summed E-state index contributed by atoms with van der Waals surface area (Å²) in [5.41, 5.74) is 6.81. The van der Waals surface area contributed by atoms with Gasteiger partial charge in [0.15, 0.2) is 0 Å². The smallest absolute Gasteiger partial charge is 0.125 e. The zero-order chi connectivity index (χ0) is 12.1. The Hall–Kier alpha value is -0.900. The van der Waals surface area contributed by atoms with Crippen molar-refractivity contribution in [3.63, 3.8) is 0 Å². The molecule has 2 nitrogen and oxygen atoms in total. The Labute approximate surface area is 98.5 Å². The minimum atomic E-state index is -0.920. The van der Waals surface area contributed by atoms with E-state index in [1.54, 1.807) is 6.07 Å². The van der Waals surface area contributed by atoms with Crippen LogP contribution in [0.15, 0.2) is 18.2 Å². The van der Waals surface area contributed by atoms with Gasteiger partial charge in [-0.15, -0.1) is 0 Å². The molecule has 2 N–H and O–H groups in total. The summed E-state index contributed by atoms with van der Waals surface area (Å²) >= 11 is 0. The highest BCUT2D eigenvalue weighted by molar-refractivity contribution is 7.84. The summed E-state index contributed by atoms with van der Waals surface area (Å²) in [6.45, 7) is 4.15. The molecule has 0 aliphatic rings. The summed E-state index contributed by atoms with van der Waals surface area (Å²) in [5, 5.41) is 0. The minimum absolute atomic E-state index is 0.353. The van der Waals surface area contributed by atoms with Crippen LogP contribution in [0.5, 0.6) is 0 Å². The number of nitrogens with two attached hydrogens (primary N) is 1. The lowest BCUT2D eigenvalue weighted by molar-refractivity contribution is 0.615. The van der Waals surface area contributed by atoms with Crippen LogP contribution in [0.25, 0.3) is 0 Å². The van der Waals surface area contributed by atoms with Crippen LogP contribution in [-0.2, 0) is 16.6 Å². The Morgan fingerprint density at radius 3 is 2.75 bits per heavy atom. The fourth-order valence-electron chi connectivity index (χ4n) is 1.36. The van der Waals surface area contributed by atoms with E-state index < -0.39 is 10.8 Å². The Kier molecular flexibility index (Phi) is 4.93. The molecule has 1 aromatic carbocycles. The third-order valence-corrected chi connectivity index (χ3v) is 4.17. The molecule has 2 atom stereocenters. The van der Waals surface area contributed by atoms with Crippen molar-refractivity contribution >= 4 is 16.5 Å². The number of halogens is 1. The zero-order valence-corrected chi connectivity index (χ0v) is 10.5. The quantitative estimate of drug-likeness (QED) is 0.808. The van der Waals surface area contributed by atoms with Gasteiger partial charge in [-0.2, -0.15) is 0 Å². The Bertz CT molecular complexity index is 381. The van der Waals surface area contributed by atoms with Gasteiger partial charge in [0.2, 0.25) is 0 Å². The van der Waals surface area contributed by atoms with E-state index >= 15 is 0 Å². The lowest BCUT2D eigenvalue weighted by Gasteiger charge is -2.09. The van der Waals surface area contributed by atoms with Crippen LogP contribution in [0.4, 0.5) is 10.1 Å². The predicted molar refractivity (Wildman–Crippen MR) is 67.0 cm³/mol. The number of anilines is 1. The van der Waals surface area contributed by atoms with Crippen LogP contribution < -0.4 is 5.73 Å². The summed E-state index contributed by atoms with van der Waals surface area (Å²) in [7, 11) is -0.920. The molecule has 0 radical (unpaired) electrons. The van der Waals surface area contributed by atoms with Crippen molar-refractivity contribution < 1.29 is 8.60 Å². The van der Waals surface area contributed by atoms with Gasteiger partial charge in [0, 0.05) is 22.2 Å². The average molecular weight is 243 g/mol. The number of hydrogen-bond acceptors (Lipinski definition) is 2. The number of rotatable bonds is 5. The average Bonchev–Trinajstić information content (AvgIpc) is 2.22. The molecule has 2 unspecified atom stereocenters. The van der Waals surface area contributed by atoms with E-state index in [1.807, 2.05) is 0 Å². The Morgan fingerprint density at radius 2 is 2.19 bits per heavy atom. The van der Waals surface area contributed by atoms with Crippen molar-refractivity contribution in [2.75, 3.05) is 11.5 Å². The van der Waals surface area contributed by atoms with E-state index in [1.165, 1.54) is 12.1 Å². The summed E-state index contributed by atoms with van der Waals surface area (Å²) in [6.07, 6.45) is 1.02. The lowest BCUT2D eigenvalue weighted by atomic mass is 10.2. The third kappa shape index (κ3) is 3.93. The minimum Gasteiger partial charge on any atom is -0.398 e. The number of nitrogen functional groups attached to an aromatic ring is 1. The summed E-state index contributed by atoms with van der Waals surface area (Å²) < 4.78 is 24.6. The molecule has 0 aliphatic carbocycles. The first-order valence-electron chi connectivity index (χ1n) is 5.41. The second kappa shape index (κ2) is 5.99. The maximum Gasteiger partial charge on any atom is 0.125 e. The van der Waals surface area contributed by atoms with Crippen LogP contribution in [0.1, 0.15) is 25.8 Å². The van der Waals surface area contributed by atoms with Gasteiger partial charge < -0.3 is 5.73 Å². The molecule has 0 heterocycles. The van der Waals surface area contributed by atoms with Crippen LogP contribution in [-0.4, -0.2) is 9.96 Å². The van der Waals surface area contributed by atoms with Gasteiger partial charge in [-0.3, -0.25) is 4.21 Å². The first-order chi connectivity index (χ1) is 7.52. The van der Waals surface area contributed by atoms with Crippen LogP contribution in [0.3, 0.4) is 0 Å². The van der Waals surface area contributed by atoms with E-state index in [4.69, 9.17) is 5.73 Å². The molecule has 0 saturated carbocycles. The molecule has 0 aliphatic heterocycles. The SMILES string of the molecule is CCC(C)CS(=O)Cc1ccc(F)cc1N. The van der Waals surface area contributed by atoms with Crippen molar-refractivity contribution in [1.82, 2.24) is 0 Å². The van der Waals surface area contributed by atoms with Crippen LogP contribution in [0.2, 0.25) is 0 Å². The van der Waals surface area contributed by atoms with Crippen molar-refractivity contribution in [3.8, 4) is 0 Å². The molecule has 0 bridgehead atoms. The maximum atomic E-state index is 12.8. The molecule has 0 fully saturated rings. The van der Waals surface area contributed by atoms with Gasteiger partial charge in [0.25, 0.3) is 0 Å². The standard InChI is InChI=1S/C12H18FNOS/c1-3-9(2)7-16(15)8-10-4-5-11(13)6-12(10)14/h4-6,9H,3,7-8,14H2,1-2H3. The van der Waals surface area contributed by atoms with Gasteiger partial charge in [0.05, 0.1) is 5.75 Å². The molecular weight excluding hydrogens is 225 g/mol. The highest BCUT2D eigenvalue weighted by atomic mass is 32.2. The van der Waals surface area contributed by atoms with E-state index in [2.05, 4.69) is 13.8 Å². The zero-order valence-electron chi connectivity index (χ0n) is 9.70. The molecule has 1 rings (SSSR count). The molecule has 0 aromatic heterocycles. The first-order valence-corrected chi connectivity index (χ1v) is 6.90. The fraction of sp³-hybridized carbons (Fsp3) is 0.500. The highest BCUT2D eigenvalue weighted by Crippen LogP contribution is 2.16. The summed E-state index contributed by atoms with van der Waals surface area (Å²) in [5.74, 6) is 1.18. The first kappa shape index (κ1) is 13.2. The Balaban J connectivity index is 2.63. The maximum absolute atomic E-state index is 12.8. The van der Waals surface area contributed by atoms with E-state index in [-0.39, 0.29) is 5.82 Å².